The third-order valence-corrected chi connectivity index (χ3v) is 8.72. The van der Waals surface area contributed by atoms with Gasteiger partial charge in [0.25, 0.3) is 0 Å². The Balaban J connectivity index is 1.23. The maximum atomic E-state index is 6.66. The molecule has 0 spiro atoms. The van der Waals surface area contributed by atoms with E-state index in [1.165, 1.54) is 11.1 Å². The summed E-state index contributed by atoms with van der Waals surface area (Å²) in [5.41, 5.74) is 9.05. The number of aromatic nitrogens is 3. The average Bonchev–Trinajstić information content (AvgIpc) is 3.53. The molecule has 0 saturated carbocycles. The normalized spacial score (nSPS) is 11.4. The predicted molar refractivity (Wildman–Crippen MR) is 192 cm³/mol. The summed E-state index contributed by atoms with van der Waals surface area (Å²) in [5, 5.41) is 4.33. The fourth-order valence-electron chi connectivity index (χ4n) is 6.44. The van der Waals surface area contributed by atoms with Crippen LogP contribution < -0.4 is 0 Å². The van der Waals surface area contributed by atoms with Gasteiger partial charge >= 0.3 is 0 Å². The van der Waals surface area contributed by atoms with E-state index in [0.29, 0.717) is 17.5 Å². The molecule has 47 heavy (non-hydrogen) atoms. The van der Waals surface area contributed by atoms with Gasteiger partial charge in [-0.15, -0.1) is 0 Å². The van der Waals surface area contributed by atoms with E-state index in [9.17, 15) is 0 Å². The lowest BCUT2D eigenvalue weighted by atomic mass is 9.96. The van der Waals surface area contributed by atoms with Gasteiger partial charge in [-0.3, -0.25) is 0 Å². The van der Waals surface area contributed by atoms with Crippen LogP contribution in [0.4, 0.5) is 0 Å². The van der Waals surface area contributed by atoms with Gasteiger partial charge in [-0.1, -0.05) is 140 Å². The number of fused-ring (bicyclic) bond motifs is 5. The molecule has 0 radical (unpaired) electrons. The zero-order valence-electron chi connectivity index (χ0n) is 25.3. The van der Waals surface area contributed by atoms with Crippen LogP contribution in [0.1, 0.15) is 0 Å². The summed E-state index contributed by atoms with van der Waals surface area (Å²) in [6.45, 7) is 0. The highest BCUT2D eigenvalue weighted by molar-refractivity contribution is 6.22. The second-order valence-corrected chi connectivity index (χ2v) is 11.6. The van der Waals surface area contributed by atoms with E-state index in [1.807, 2.05) is 66.7 Å². The Hall–Kier alpha value is -6.39. The van der Waals surface area contributed by atoms with Crippen molar-refractivity contribution in [1.82, 2.24) is 15.0 Å². The van der Waals surface area contributed by atoms with Crippen LogP contribution in [-0.4, -0.2) is 15.0 Å². The Bertz CT molecular complexity index is 2500. The molecular formula is C43H27N3O. The Morgan fingerprint density at radius 2 is 0.830 bits per heavy atom. The number of furan rings is 1. The lowest BCUT2D eigenvalue weighted by Gasteiger charge is -2.11. The first-order valence-corrected chi connectivity index (χ1v) is 15.7. The third-order valence-electron chi connectivity index (χ3n) is 8.72. The topological polar surface area (TPSA) is 51.8 Å². The van der Waals surface area contributed by atoms with Crippen molar-refractivity contribution in [3.8, 4) is 56.4 Å². The molecule has 9 rings (SSSR count). The van der Waals surface area contributed by atoms with Crippen LogP contribution in [0.2, 0.25) is 0 Å². The molecule has 0 aliphatic carbocycles. The molecule has 0 fully saturated rings. The van der Waals surface area contributed by atoms with E-state index in [0.717, 1.165) is 60.5 Å². The summed E-state index contributed by atoms with van der Waals surface area (Å²) in [5.74, 6) is 1.87. The van der Waals surface area contributed by atoms with Crippen LogP contribution in [0.5, 0.6) is 0 Å². The lowest BCUT2D eigenvalue weighted by Crippen LogP contribution is -2.00. The minimum atomic E-state index is 0.606. The van der Waals surface area contributed by atoms with Gasteiger partial charge in [0.15, 0.2) is 17.5 Å². The van der Waals surface area contributed by atoms with Crippen molar-refractivity contribution < 1.29 is 4.42 Å². The van der Waals surface area contributed by atoms with Crippen LogP contribution in [0.3, 0.4) is 0 Å². The molecule has 9 aromatic rings. The van der Waals surface area contributed by atoms with E-state index in [-0.39, 0.29) is 0 Å². The summed E-state index contributed by atoms with van der Waals surface area (Å²) in [4.78, 5) is 15.0. The van der Waals surface area contributed by atoms with Crippen LogP contribution in [-0.2, 0) is 0 Å². The second-order valence-electron chi connectivity index (χ2n) is 11.6. The lowest BCUT2D eigenvalue weighted by molar-refractivity contribution is 0.669. The fourth-order valence-corrected chi connectivity index (χ4v) is 6.44. The fraction of sp³-hybridized carbons (Fsp3) is 0. The van der Waals surface area contributed by atoms with Gasteiger partial charge in [0.1, 0.15) is 11.2 Å². The number of hydrogen-bond acceptors (Lipinski definition) is 4. The second kappa shape index (κ2) is 11.2. The Labute approximate surface area is 271 Å². The van der Waals surface area contributed by atoms with Crippen molar-refractivity contribution >= 4 is 32.7 Å². The smallest absolute Gasteiger partial charge is 0.164 e. The first-order chi connectivity index (χ1) is 23.3. The minimum Gasteiger partial charge on any atom is -0.456 e. The highest BCUT2D eigenvalue weighted by Gasteiger charge is 2.19. The zero-order valence-corrected chi connectivity index (χ0v) is 25.3. The van der Waals surface area contributed by atoms with E-state index >= 15 is 0 Å². The van der Waals surface area contributed by atoms with Gasteiger partial charge in [-0.2, -0.15) is 0 Å². The molecule has 0 saturated heterocycles. The first-order valence-electron chi connectivity index (χ1n) is 15.7. The maximum Gasteiger partial charge on any atom is 0.164 e. The molecule has 0 atom stereocenters. The Morgan fingerprint density at radius 3 is 1.49 bits per heavy atom. The number of benzene rings is 7. The van der Waals surface area contributed by atoms with E-state index < -0.39 is 0 Å². The molecule has 7 aromatic carbocycles. The van der Waals surface area contributed by atoms with Crippen LogP contribution in [0.15, 0.2) is 168 Å². The van der Waals surface area contributed by atoms with Crippen LogP contribution in [0.25, 0.3) is 89.1 Å². The molecule has 0 aliphatic heterocycles. The summed E-state index contributed by atoms with van der Waals surface area (Å²) < 4.78 is 6.66. The molecule has 0 bridgehead atoms. The van der Waals surface area contributed by atoms with E-state index in [4.69, 9.17) is 19.4 Å². The highest BCUT2D eigenvalue weighted by atomic mass is 16.3. The standard InChI is InChI=1S/C43H27N3O/c1-4-13-28(14-5-1)31-19-12-20-32(25-31)33-23-24-36-38(26-33)47-39-27-37(34-21-10-11-22-35(34)40(36)39)43-45-41(29-15-6-2-7-16-29)44-42(46-43)30-17-8-3-9-18-30/h1-27H. The Morgan fingerprint density at radius 1 is 0.319 bits per heavy atom. The van der Waals surface area contributed by atoms with Crippen molar-refractivity contribution in [3.05, 3.63) is 164 Å². The van der Waals surface area contributed by atoms with Crippen molar-refractivity contribution in [2.45, 2.75) is 0 Å². The van der Waals surface area contributed by atoms with Crippen LogP contribution >= 0.6 is 0 Å². The van der Waals surface area contributed by atoms with Crippen molar-refractivity contribution in [2.75, 3.05) is 0 Å². The largest absolute Gasteiger partial charge is 0.456 e. The zero-order chi connectivity index (χ0) is 31.2. The Kier molecular flexibility index (Phi) is 6.43. The average molecular weight is 602 g/mol. The van der Waals surface area contributed by atoms with E-state index in [1.54, 1.807) is 0 Å². The quantitative estimate of drug-likeness (QED) is 0.197. The van der Waals surface area contributed by atoms with Crippen molar-refractivity contribution in [2.24, 2.45) is 0 Å². The number of rotatable bonds is 5. The molecule has 2 aromatic heterocycles. The van der Waals surface area contributed by atoms with Crippen molar-refractivity contribution in [3.63, 3.8) is 0 Å². The monoisotopic (exact) mass is 601 g/mol. The van der Waals surface area contributed by atoms with Gasteiger partial charge in [0.2, 0.25) is 0 Å². The minimum absolute atomic E-state index is 0.606. The predicted octanol–water partition coefficient (Wildman–Crippen LogP) is 11.3. The van der Waals surface area contributed by atoms with Gasteiger partial charge in [0, 0.05) is 27.5 Å². The highest BCUT2D eigenvalue weighted by Crippen LogP contribution is 2.41. The first kappa shape index (κ1) is 27.0. The molecule has 0 N–H and O–H groups in total. The molecule has 0 amide bonds. The molecular weight excluding hydrogens is 574 g/mol. The van der Waals surface area contributed by atoms with Gasteiger partial charge in [0.05, 0.1) is 0 Å². The molecule has 4 nitrogen and oxygen atoms in total. The molecule has 0 unspecified atom stereocenters. The molecule has 220 valence electrons. The molecule has 2 heterocycles. The molecule has 4 heteroatoms. The SMILES string of the molecule is c1ccc(-c2cccc(-c3ccc4c(c3)oc3cc(-c5nc(-c6ccccc6)nc(-c6ccccc6)n5)c5ccccc5c34)c2)cc1. The maximum absolute atomic E-state index is 6.66. The van der Waals surface area contributed by atoms with Crippen LogP contribution in [0, 0.1) is 0 Å². The number of nitrogens with zero attached hydrogens (tertiary/aromatic N) is 3. The van der Waals surface area contributed by atoms with E-state index in [2.05, 4.69) is 97.1 Å². The van der Waals surface area contributed by atoms with Gasteiger partial charge in [-0.25, -0.2) is 15.0 Å². The summed E-state index contributed by atoms with van der Waals surface area (Å²) in [6, 6.07) is 56.3. The summed E-state index contributed by atoms with van der Waals surface area (Å²) >= 11 is 0. The number of hydrogen-bond donors (Lipinski definition) is 0. The van der Waals surface area contributed by atoms with Gasteiger partial charge < -0.3 is 4.42 Å². The third kappa shape index (κ3) is 4.84. The van der Waals surface area contributed by atoms with Crippen molar-refractivity contribution in [1.29, 1.82) is 0 Å². The summed E-state index contributed by atoms with van der Waals surface area (Å²) in [6.07, 6.45) is 0. The molecule has 0 aliphatic rings. The summed E-state index contributed by atoms with van der Waals surface area (Å²) in [7, 11) is 0. The van der Waals surface area contributed by atoms with Gasteiger partial charge in [-0.05, 0) is 57.3 Å².